The van der Waals surface area contributed by atoms with E-state index in [1.807, 2.05) is 45.0 Å². The van der Waals surface area contributed by atoms with E-state index in [2.05, 4.69) is 6.92 Å². The first-order valence-electron chi connectivity index (χ1n) is 5.85. The van der Waals surface area contributed by atoms with Gasteiger partial charge in [-0.2, -0.15) is 0 Å². The van der Waals surface area contributed by atoms with Crippen molar-refractivity contribution in [3.63, 3.8) is 0 Å². The lowest BCUT2D eigenvalue weighted by atomic mass is 10.1. The second-order valence-electron chi connectivity index (χ2n) is 4.84. The summed E-state index contributed by atoms with van der Waals surface area (Å²) >= 11 is 0. The predicted octanol–water partition coefficient (Wildman–Crippen LogP) is 2.97. The quantitative estimate of drug-likeness (QED) is 0.754. The maximum atomic E-state index is 11.5. The monoisotopic (exact) mass is 236 g/mol. The van der Waals surface area contributed by atoms with Gasteiger partial charge in [-0.1, -0.05) is 25.1 Å². The third-order valence-corrected chi connectivity index (χ3v) is 2.12. The Morgan fingerprint density at radius 3 is 2.47 bits per heavy atom. The van der Waals surface area contributed by atoms with Gasteiger partial charge >= 0.3 is 5.97 Å². The molecule has 94 valence electrons. The Bertz CT molecular complexity index is 377. The molecule has 1 aromatic carbocycles. The summed E-state index contributed by atoms with van der Waals surface area (Å²) < 4.78 is 10.6. The summed E-state index contributed by atoms with van der Waals surface area (Å²) in [6.07, 6.45) is 0.879. The third-order valence-electron chi connectivity index (χ3n) is 2.12. The number of benzene rings is 1. The van der Waals surface area contributed by atoms with E-state index in [9.17, 15) is 4.79 Å². The van der Waals surface area contributed by atoms with Crippen LogP contribution in [0.25, 0.3) is 0 Å². The highest BCUT2D eigenvalue weighted by Gasteiger charge is 2.16. The van der Waals surface area contributed by atoms with Crippen molar-refractivity contribution in [2.24, 2.45) is 0 Å². The van der Waals surface area contributed by atoms with E-state index < -0.39 is 5.60 Å². The number of ether oxygens (including phenoxy) is 2. The highest BCUT2D eigenvalue weighted by Crippen LogP contribution is 2.18. The summed E-state index contributed by atoms with van der Waals surface area (Å²) in [5.41, 5.74) is 0.626. The number of esters is 1. The van der Waals surface area contributed by atoms with Gasteiger partial charge in [-0.3, -0.25) is 0 Å². The molecule has 1 aromatic rings. The van der Waals surface area contributed by atoms with E-state index in [-0.39, 0.29) is 12.6 Å². The lowest BCUT2D eigenvalue weighted by molar-refractivity contribution is -0.157. The van der Waals surface area contributed by atoms with E-state index in [1.54, 1.807) is 0 Å². The largest absolute Gasteiger partial charge is 0.482 e. The Morgan fingerprint density at radius 1 is 1.24 bits per heavy atom. The zero-order valence-electron chi connectivity index (χ0n) is 10.9. The van der Waals surface area contributed by atoms with E-state index in [4.69, 9.17) is 9.47 Å². The number of carbonyl (C=O) groups excluding carboxylic acids is 1. The zero-order valence-corrected chi connectivity index (χ0v) is 10.9. The molecule has 0 fully saturated rings. The van der Waals surface area contributed by atoms with Crippen LogP contribution in [0.1, 0.15) is 33.3 Å². The molecular weight excluding hydrogens is 216 g/mol. The summed E-state index contributed by atoms with van der Waals surface area (Å²) in [6, 6.07) is 7.70. The molecule has 0 heterocycles. The molecule has 0 saturated carbocycles. The fourth-order valence-electron chi connectivity index (χ4n) is 1.44. The van der Waals surface area contributed by atoms with Gasteiger partial charge in [0.05, 0.1) is 0 Å². The SMILES string of the molecule is CCc1ccccc1OCC(=O)OC(C)(C)C. The van der Waals surface area contributed by atoms with E-state index in [0.29, 0.717) is 0 Å². The van der Waals surface area contributed by atoms with Gasteiger partial charge in [-0.15, -0.1) is 0 Å². The summed E-state index contributed by atoms with van der Waals surface area (Å²) in [6.45, 7) is 7.52. The Morgan fingerprint density at radius 2 is 1.88 bits per heavy atom. The van der Waals surface area contributed by atoms with E-state index >= 15 is 0 Å². The molecule has 0 amide bonds. The van der Waals surface area contributed by atoms with Crippen molar-refractivity contribution in [3.05, 3.63) is 29.8 Å². The minimum Gasteiger partial charge on any atom is -0.482 e. The lowest BCUT2D eigenvalue weighted by Crippen LogP contribution is -2.27. The van der Waals surface area contributed by atoms with E-state index in [1.165, 1.54) is 0 Å². The highest BCUT2D eigenvalue weighted by molar-refractivity contribution is 5.71. The molecule has 0 aliphatic rings. The molecule has 1 rings (SSSR count). The number of aryl methyl sites for hydroxylation is 1. The summed E-state index contributed by atoms with van der Waals surface area (Å²) in [7, 11) is 0. The molecule has 0 saturated heterocycles. The minimum absolute atomic E-state index is 0.0473. The third kappa shape index (κ3) is 4.89. The molecule has 0 N–H and O–H groups in total. The van der Waals surface area contributed by atoms with E-state index in [0.717, 1.165) is 17.7 Å². The van der Waals surface area contributed by atoms with Gasteiger partial charge < -0.3 is 9.47 Å². The Balaban J connectivity index is 2.53. The lowest BCUT2D eigenvalue weighted by Gasteiger charge is -2.19. The number of para-hydroxylation sites is 1. The minimum atomic E-state index is -0.468. The molecule has 0 bridgehead atoms. The van der Waals surface area contributed by atoms with Gasteiger partial charge in [0.1, 0.15) is 11.4 Å². The molecule has 0 aliphatic heterocycles. The zero-order chi connectivity index (χ0) is 12.9. The number of hydrogen-bond acceptors (Lipinski definition) is 3. The summed E-state index contributed by atoms with van der Waals surface area (Å²) in [5.74, 6) is 0.407. The van der Waals surface area contributed by atoms with Gasteiger partial charge in [0.2, 0.25) is 0 Å². The van der Waals surface area contributed by atoms with Crippen molar-refractivity contribution in [1.29, 1.82) is 0 Å². The van der Waals surface area contributed by atoms with Gasteiger partial charge in [0.25, 0.3) is 0 Å². The van der Waals surface area contributed by atoms with Gasteiger partial charge in [0.15, 0.2) is 6.61 Å². The van der Waals surface area contributed by atoms with Crippen LogP contribution in [0.2, 0.25) is 0 Å². The van der Waals surface area contributed by atoms with Crippen molar-refractivity contribution < 1.29 is 14.3 Å². The normalized spacial score (nSPS) is 11.1. The van der Waals surface area contributed by atoms with Crippen LogP contribution in [0, 0.1) is 0 Å². The van der Waals surface area contributed by atoms with Gasteiger partial charge in [-0.25, -0.2) is 4.79 Å². The Hall–Kier alpha value is -1.51. The van der Waals surface area contributed by atoms with Crippen LogP contribution < -0.4 is 4.74 Å². The fourth-order valence-corrected chi connectivity index (χ4v) is 1.44. The molecule has 0 atom stereocenters. The molecule has 0 radical (unpaired) electrons. The first-order chi connectivity index (χ1) is 7.92. The molecule has 3 nitrogen and oxygen atoms in total. The fraction of sp³-hybridized carbons (Fsp3) is 0.500. The topological polar surface area (TPSA) is 35.5 Å². The van der Waals surface area contributed by atoms with Crippen molar-refractivity contribution in [3.8, 4) is 5.75 Å². The van der Waals surface area contributed by atoms with Crippen molar-refractivity contribution in [2.75, 3.05) is 6.61 Å². The standard InChI is InChI=1S/C14H20O3/c1-5-11-8-6-7-9-12(11)16-10-13(15)17-14(2,3)4/h6-9H,5,10H2,1-4H3. The van der Waals surface area contributed by atoms with Crippen LogP contribution in [0.4, 0.5) is 0 Å². The van der Waals surface area contributed by atoms with Crippen molar-refractivity contribution in [2.45, 2.75) is 39.7 Å². The van der Waals surface area contributed by atoms with Crippen LogP contribution in [0.15, 0.2) is 24.3 Å². The average molecular weight is 236 g/mol. The smallest absolute Gasteiger partial charge is 0.344 e. The summed E-state index contributed by atoms with van der Waals surface area (Å²) in [4.78, 5) is 11.5. The highest BCUT2D eigenvalue weighted by atomic mass is 16.6. The summed E-state index contributed by atoms with van der Waals surface area (Å²) in [5, 5.41) is 0. The maximum absolute atomic E-state index is 11.5. The average Bonchev–Trinajstić information content (AvgIpc) is 2.24. The maximum Gasteiger partial charge on any atom is 0.344 e. The number of carbonyl (C=O) groups is 1. The molecule has 0 spiro atoms. The van der Waals surface area contributed by atoms with Crippen LogP contribution in [-0.2, 0) is 16.0 Å². The first-order valence-corrected chi connectivity index (χ1v) is 5.85. The van der Waals surface area contributed by atoms with Crippen LogP contribution in [0.3, 0.4) is 0 Å². The van der Waals surface area contributed by atoms with Crippen molar-refractivity contribution in [1.82, 2.24) is 0 Å². The molecule has 17 heavy (non-hydrogen) atoms. The molecule has 0 aliphatic carbocycles. The van der Waals surface area contributed by atoms with Crippen LogP contribution >= 0.6 is 0 Å². The second-order valence-corrected chi connectivity index (χ2v) is 4.84. The Labute approximate surface area is 103 Å². The second kappa shape index (κ2) is 5.71. The molecule has 0 aromatic heterocycles. The molecule has 3 heteroatoms. The predicted molar refractivity (Wildman–Crippen MR) is 67.2 cm³/mol. The molecular formula is C14H20O3. The van der Waals surface area contributed by atoms with Gasteiger partial charge in [0, 0.05) is 0 Å². The van der Waals surface area contributed by atoms with Gasteiger partial charge in [-0.05, 0) is 38.8 Å². The Kier molecular flexibility index (Phi) is 4.55. The molecule has 0 unspecified atom stereocenters. The first kappa shape index (κ1) is 13.6. The van der Waals surface area contributed by atoms with Crippen LogP contribution in [-0.4, -0.2) is 18.2 Å². The number of hydrogen-bond donors (Lipinski definition) is 0. The van der Waals surface area contributed by atoms with Crippen molar-refractivity contribution >= 4 is 5.97 Å². The van der Waals surface area contributed by atoms with Crippen LogP contribution in [0.5, 0.6) is 5.75 Å². The number of rotatable bonds is 4.